The topological polar surface area (TPSA) is 52.7 Å². The molecule has 8 heteroatoms. The van der Waals surface area contributed by atoms with E-state index in [1.165, 1.54) is 17.7 Å². The number of nitrogens with zero attached hydrogens (tertiary/aromatic N) is 2. The normalized spacial score (nSPS) is 14.6. The summed E-state index contributed by atoms with van der Waals surface area (Å²) in [5.41, 5.74) is 2.76. The molecule has 0 aromatic heterocycles. The highest BCUT2D eigenvalue weighted by Crippen LogP contribution is 2.22. The molecule has 1 fully saturated rings. The fraction of sp³-hybridized carbons (Fsp3) is 0.333. The van der Waals surface area contributed by atoms with Gasteiger partial charge >= 0.3 is 12.1 Å². The molecule has 2 amide bonds. The fourth-order valence-electron chi connectivity index (χ4n) is 3.19. The number of carbonyl (C=O) groups excluding carboxylic acids is 2. The lowest BCUT2D eigenvalue weighted by Gasteiger charge is -2.36. The summed E-state index contributed by atoms with van der Waals surface area (Å²) >= 11 is 0. The fourth-order valence-corrected chi connectivity index (χ4v) is 3.19. The van der Waals surface area contributed by atoms with E-state index in [-0.39, 0.29) is 11.6 Å². The van der Waals surface area contributed by atoms with Gasteiger partial charge in [0.15, 0.2) is 0 Å². The molecule has 5 nitrogen and oxygen atoms in total. The van der Waals surface area contributed by atoms with E-state index in [0.717, 1.165) is 12.1 Å². The lowest BCUT2D eigenvalue weighted by Crippen LogP contribution is -2.48. The van der Waals surface area contributed by atoms with Crippen LogP contribution in [0.2, 0.25) is 0 Å². The molecule has 0 aliphatic carbocycles. The van der Waals surface area contributed by atoms with Gasteiger partial charge in [-0.3, -0.25) is 9.59 Å². The average Bonchev–Trinajstić information content (AvgIpc) is 2.73. The summed E-state index contributed by atoms with van der Waals surface area (Å²) in [5, 5.41) is 1.82. The van der Waals surface area contributed by atoms with Crippen LogP contribution >= 0.6 is 0 Å². The van der Waals surface area contributed by atoms with E-state index in [0.29, 0.717) is 31.7 Å². The monoisotopic (exact) mass is 405 g/mol. The predicted molar refractivity (Wildman–Crippen MR) is 105 cm³/mol. The number of anilines is 2. The molecular weight excluding hydrogens is 383 g/mol. The lowest BCUT2D eigenvalue weighted by molar-refractivity contribution is -0.167. The Hall–Kier alpha value is -3.03. The summed E-state index contributed by atoms with van der Waals surface area (Å²) in [6.45, 7) is 4.41. The van der Waals surface area contributed by atoms with Crippen molar-refractivity contribution in [2.45, 2.75) is 19.5 Å². The number of nitrogens with one attached hydrogen (secondary N) is 1. The van der Waals surface area contributed by atoms with Crippen LogP contribution in [0, 0.1) is 0 Å². The number of rotatable bonds is 4. The van der Waals surface area contributed by atoms with Crippen LogP contribution in [-0.2, 0) is 11.2 Å². The summed E-state index contributed by atoms with van der Waals surface area (Å²) in [6, 6.07) is 13.8. The number of benzene rings is 2. The molecule has 154 valence electrons. The van der Waals surface area contributed by atoms with Gasteiger partial charge in [-0.05, 0) is 48.4 Å². The van der Waals surface area contributed by atoms with Crippen molar-refractivity contribution in [2.75, 3.05) is 36.4 Å². The van der Waals surface area contributed by atoms with Crippen molar-refractivity contribution in [1.29, 1.82) is 0 Å². The molecule has 0 radical (unpaired) electrons. The van der Waals surface area contributed by atoms with Crippen LogP contribution in [0.15, 0.2) is 48.5 Å². The first-order valence-corrected chi connectivity index (χ1v) is 9.39. The van der Waals surface area contributed by atoms with Gasteiger partial charge in [0, 0.05) is 43.1 Å². The largest absolute Gasteiger partial charge is 0.471 e. The van der Waals surface area contributed by atoms with Gasteiger partial charge in [0.25, 0.3) is 5.91 Å². The van der Waals surface area contributed by atoms with E-state index >= 15 is 0 Å². The number of aryl methyl sites for hydroxylation is 1. The molecule has 2 aromatic rings. The maximum absolute atomic E-state index is 12.6. The van der Waals surface area contributed by atoms with Gasteiger partial charge in [0.2, 0.25) is 0 Å². The van der Waals surface area contributed by atoms with Crippen molar-refractivity contribution < 1.29 is 22.8 Å². The number of piperazine rings is 1. The summed E-state index contributed by atoms with van der Waals surface area (Å²) in [6.07, 6.45) is -4.00. The van der Waals surface area contributed by atoms with Crippen molar-refractivity contribution in [3.05, 3.63) is 59.7 Å². The summed E-state index contributed by atoms with van der Waals surface area (Å²) < 4.78 is 36.9. The summed E-state index contributed by atoms with van der Waals surface area (Å²) in [4.78, 5) is 27.5. The number of hydrogen-bond acceptors (Lipinski definition) is 3. The Balaban J connectivity index is 1.56. The van der Waals surface area contributed by atoms with Gasteiger partial charge in [0.1, 0.15) is 0 Å². The van der Waals surface area contributed by atoms with Crippen molar-refractivity contribution in [3.63, 3.8) is 0 Å². The van der Waals surface area contributed by atoms with E-state index in [9.17, 15) is 22.8 Å². The highest BCUT2D eigenvalue weighted by Gasteiger charge is 2.38. The molecule has 0 bridgehead atoms. The number of carbonyl (C=O) groups is 2. The van der Waals surface area contributed by atoms with Crippen LogP contribution in [0.3, 0.4) is 0 Å². The first kappa shape index (κ1) is 20.7. The smallest absolute Gasteiger partial charge is 0.368 e. The first-order valence-electron chi connectivity index (χ1n) is 9.39. The number of halogens is 3. The van der Waals surface area contributed by atoms with Crippen molar-refractivity contribution in [3.8, 4) is 0 Å². The van der Waals surface area contributed by atoms with Gasteiger partial charge in [-0.2, -0.15) is 13.2 Å². The van der Waals surface area contributed by atoms with Crippen molar-refractivity contribution >= 4 is 23.2 Å². The Morgan fingerprint density at radius 3 is 2.03 bits per heavy atom. The molecule has 0 spiro atoms. The van der Waals surface area contributed by atoms with Crippen LogP contribution in [0.5, 0.6) is 0 Å². The number of amides is 2. The van der Waals surface area contributed by atoms with E-state index in [1.807, 2.05) is 29.6 Å². The third kappa shape index (κ3) is 5.07. The van der Waals surface area contributed by atoms with E-state index in [1.54, 1.807) is 17.0 Å². The molecule has 0 unspecified atom stereocenters. The van der Waals surface area contributed by atoms with Gasteiger partial charge < -0.3 is 15.1 Å². The minimum absolute atomic E-state index is 0.00230. The molecule has 0 saturated carbocycles. The Morgan fingerprint density at radius 1 is 0.931 bits per heavy atom. The highest BCUT2D eigenvalue weighted by atomic mass is 19.4. The quantitative estimate of drug-likeness (QED) is 0.844. The lowest BCUT2D eigenvalue weighted by atomic mass is 10.1. The molecule has 1 N–H and O–H groups in total. The molecule has 1 aliphatic rings. The molecule has 2 aromatic carbocycles. The van der Waals surface area contributed by atoms with Crippen LogP contribution in [0.25, 0.3) is 0 Å². The summed E-state index contributed by atoms with van der Waals surface area (Å²) in [7, 11) is 0. The maximum atomic E-state index is 12.6. The van der Waals surface area contributed by atoms with E-state index < -0.39 is 12.1 Å². The number of alkyl halides is 3. The molecular formula is C21H22F3N3O2. The second kappa shape index (κ2) is 8.55. The molecule has 0 atom stereocenters. The van der Waals surface area contributed by atoms with Gasteiger partial charge in [-0.1, -0.05) is 19.1 Å². The molecule has 1 saturated heterocycles. The van der Waals surface area contributed by atoms with Crippen LogP contribution in [-0.4, -0.2) is 49.1 Å². The minimum atomic E-state index is -4.92. The SMILES string of the molecule is CCc1ccc(C(=O)N2CCN(c3ccc(NC(=O)C(F)(F)F)cc3)CC2)cc1. The molecule has 1 heterocycles. The third-order valence-corrected chi connectivity index (χ3v) is 4.92. The standard InChI is InChI=1S/C21H22F3N3O2/c1-2-15-3-5-16(6-4-15)19(28)27-13-11-26(12-14-27)18-9-7-17(8-10-18)25-20(29)21(22,23)24/h3-10H,2,11-14H2,1H3,(H,25,29). The first-order chi connectivity index (χ1) is 13.8. The number of hydrogen-bond donors (Lipinski definition) is 1. The van der Waals surface area contributed by atoms with E-state index in [4.69, 9.17) is 0 Å². The van der Waals surface area contributed by atoms with E-state index in [2.05, 4.69) is 11.8 Å². The Labute approximate surface area is 167 Å². The van der Waals surface area contributed by atoms with Gasteiger partial charge in [0.05, 0.1) is 0 Å². The Kier molecular flexibility index (Phi) is 6.10. The van der Waals surface area contributed by atoms with Crippen LogP contribution in [0.4, 0.5) is 24.5 Å². The predicted octanol–water partition coefficient (Wildman–Crippen LogP) is 3.71. The zero-order chi connectivity index (χ0) is 21.0. The van der Waals surface area contributed by atoms with Crippen LogP contribution in [0.1, 0.15) is 22.8 Å². The molecule has 1 aliphatic heterocycles. The second-order valence-corrected chi connectivity index (χ2v) is 6.83. The van der Waals surface area contributed by atoms with Gasteiger partial charge in [-0.15, -0.1) is 0 Å². The second-order valence-electron chi connectivity index (χ2n) is 6.83. The minimum Gasteiger partial charge on any atom is -0.368 e. The molecule has 29 heavy (non-hydrogen) atoms. The summed E-state index contributed by atoms with van der Waals surface area (Å²) in [5.74, 6) is -2.00. The highest BCUT2D eigenvalue weighted by molar-refractivity contribution is 5.95. The third-order valence-electron chi connectivity index (χ3n) is 4.92. The van der Waals surface area contributed by atoms with Crippen molar-refractivity contribution in [2.24, 2.45) is 0 Å². The zero-order valence-corrected chi connectivity index (χ0v) is 16.0. The molecule has 3 rings (SSSR count). The zero-order valence-electron chi connectivity index (χ0n) is 16.0. The van der Waals surface area contributed by atoms with Crippen molar-refractivity contribution in [1.82, 2.24) is 4.90 Å². The Morgan fingerprint density at radius 2 is 1.52 bits per heavy atom. The average molecular weight is 405 g/mol. The Bertz CT molecular complexity index is 856. The van der Waals surface area contributed by atoms with Crippen LogP contribution < -0.4 is 10.2 Å². The maximum Gasteiger partial charge on any atom is 0.471 e. The van der Waals surface area contributed by atoms with Gasteiger partial charge in [-0.25, -0.2) is 0 Å².